The van der Waals surface area contributed by atoms with Crippen LogP contribution in [0.3, 0.4) is 0 Å². The second-order valence-corrected chi connectivity index (χ2v) is 6.94. The zero-order chi connectivity index (χ0) is 16.8. The quantitative estimate of drug-likeness (QED) is 0.724. The Morgan fingerprint density at radius 3 is 2.40 bits per heavy atom. The maximum atomic E-state index is 6.33. The Kier molecular flexibility index (Phi) is 8.34. The van der Waals surface area contributed by atoms with Crippen LogP contribution in [-0.4, -0.2) is 51.0 Å². The predicted molar refractivity (Wildman–Crippen MR) is 103 cm³/mol. The molecule has 0 radical (unpaired) electrons. The normalized spacial score (nSPS) is 23.9. The van der Waals surface area contributed by atoms with Gasteiger partial charge in [-0.2, -0.15) is 0 Å². The van der Waals surface area contributed by atoms with Gasteiger partial charge in [0.2, 0.25) is 0 Å². The van der Waals surface area contributed by atoms with Crippen molar-refractivity contribution in [3.63, 3.8) is 0 Å². The Morgan fingerprint density at radius 1 is 0.960 bits per heavy atom. The number of nitrogens with zero attached hydrogens (tertiary/aromatic N) is 1. The molecule has 1 heterocycles. The Morgan fingerprint density at radius 2 is 1.68 bits per heavy atom. The van der Waals surface area contributed by atoms with Crippen LogP contribution in [0, 0.1) is 0 Å². The molecule has 0 amide bonds. The molecule has 0 spiro atoms. The van der Waals surface area contributed by atoms with Gasteiger partial charge in [0.1, 0.15) is 0 Å². The molecule has 0 N–H and O–H groups in total. The molecular weight excluding hydrogens is 338 g/mol. The Bertz CT molecular complexity index is 520. The van der Waals surface area contributed by atoms with Crippen molar-refractivity contribution in [3.05, 3.63) is 23.8 Å². The Balaban J connectivity index is 0.00000225. The summed E-state index contributed by atoms with van der Waals surface area (Å²) >= 11 is 0. The fourth-order valence-corrected chi connectivity index (χ4v) is 4.13. The van der Waals surface area contributed by atoms with E-state index in [4.69, 9.17) is 14.2 Å². The van der Waals surface area contributed by atoms with E-state index in [-0.39, 0.29) is 12.4 Å². The number of halogens is 1. The van der Waals surface area contributed by atoms with Crippen LogP contribution in [0.1, 0.15) is 44.1 Å². The fraction of sp³-hybridized carbons (Fsp3) is 0.700. The molecule has 3 rings (SSSR count). The average molecular weight is 370 g/mol. The molecule has 1 saturated carbocycles. The van der Waals surface area contributed by atoms with Gasteiger partial charge in [-0.05, 0) is 62.9 Å². The topological polar surface area (TPSA) is 30.9 Å². The predicted octanol–water partition coefficient (Wildman–Crippen LogP) is 4.09. The van der Waals surface area contributed by atoms with Gasteiger partial charge in [-0.25, -0.2) is 0 Å². The molecule has 1 aromatic rings. The molecule has 1 saturated heterocycles. The van der Waals surface area contributed by atoms with Crippen molar-refractivity contribution in [3.8, 4) is 11.5 Å². The fourth-order valence-electron chi connectivity index (χ4n) is 4.13. The van der Waals surface area contributed by atoms with E-state index in [1.807, 2.05) is 6.07 Å². The Labute approximate surface area is 158 Å². The molecule has 0 unspecified atom stereocenters. The second-order valence-electron chi connectivity index (χ2n) is 6.94. The van der Waals surface area contributed by atoms with Crippen LogP contribution in [0.25, 0.3) is 0 Å². The molecular formula is C20H32ClNO3. The summed E-state index contributed by atoms with van der Waals surface area (Å²) in [4.78, 5) is 2.67. The maximum absolute atomic E-state index is 6.33. The van der Waals surface area contributed by atoms with Crippen LogP contribution in [0.4, 0.5) is 0 Å². The lowest BCUT2D eigenvalue weighted by atomic mass is 9.91. The van der Waals surface area contributed by atoms with Crippen molar-refractivity contribution >= 4 is 12.4 Å². The van der Waals surface area contributed by atoms with E-state index in [1.54, 1.807) is 14.2 Å². The highest BCUT2D eigenvalue weighted by Gasteiger charge is 2.31. The first-order valence-electron chi connectivity index (χ1n) is 9.38. The summed E-state index contributed by atoms with van der Waals surface area (Å²) in [5, 5.41) is 0. The van der Waals surface area contributed by atoms with Crippen molar-refractivity contribution in [1.82, 2.24) is 4.90 Å². The highest BCUT2D eigenvalue weighted by Crippen LogP contribution is 2.29. The highest BCUT2D eigenvalue weighted by molar-refractivity contribution is 5.85. The van der Waals surface area contributed by atoms with Crippen LogP contribution in [0.2, 0.25) is 0 Å². The molecule has 2 fully saturated rings. The number of hydrogen-bond acceptors (Lipinski definition) is 4. The summed E-state index contributed by atoms with van der Waals surface area (Å²) in [7, 11) is 3.35. The minimum Gasteiger partial charge on any atom is -0.493 e. The van der Waals surface area contributed by atoms with Gasteiger partial charge in [-0.1, -0.05) is 18.9 Å². The van der Waals surface area contributed by atoms with E-state index in [1.165, 1.54) is 57.2 Å². The monoisotopic (exact) mass is 369 g/mol. The third kappa shape index (κ3) is 5.25. The molecule has 142 valence electrons. The van der Waals surface area contributed by atoms with E-state index >= 15 is 0 Å². The van der Waals surface area contributed by atoms with Gasteiger partial charge in [-0.3, -0.25) is 4.90 Å². The van der Waals surface area contributed by atoms with E-state index in [2.05, 4.69) is 17.0 Å². The third-order valence-corrected chi connectivity index (χ3v) is 5.45. The zero-order valence-corrected chi connectivity index (χ0v) is 16.4. The van der Waals surface area contributed by atoms with Crippen LogP contribution in [-0.2, 0) is 11.2 Å². The lowest BCUT2D eigenvalue weighted by molar-refractivity contribution is -0.0290. The van der Waals surface area contributed by atoms with Crippen LogP contribution in [0.15, 0.2) is 18.2 Å². The van der Waals surface area contributed by atoms with Crippen molar-refractivity contribution in [2.75, 3.05) is 33.9 Å². The first-order chi connectivity index (χ1) is 11.8. The molecule has 0 aromatic heterocycles. The minimum absolute atomic E-state index is 0. The van der Waals surface area contributed by atoms with E-state index in [9.17, 15) is 0 Å². The number of ether oxygens (including phenoxy) is 3. The van der Waals surface area contributed by atoms with Gasteiger partial charge in [-0.15, -0.1) is 12.4 Å². The number of hydrogen-bond donors (Lipinski definition) is 0. The number of benzene rings is 1. The summed E-state index contributed by atoms with van der Waals surface area (Å²) in [6, 6.07) is 6.78. The molecule has 5 heteroatoms. The first-order valence-corrected chi connectivity index (χ1v) is 9.38. The molecule has 0 bridgehead atoms. The van der Waals surface area contributed by atoms with Gasteiger partial charge in [0.05, 0.1) is 26.9 Å². The highest BCUT2D eigenvalue weighted by atomic mass is 35.5. The van der Waals surface area contributed by atoms with Crippen molar-refractivity contribution < 1.29 is 14.2 Å². The van der Waals surface area contributed by atoms with Crippen LogP contribution in [0.5, 0.6) is 11.5 Å². The molecule has 1 aromatic carbocycles. The maximum Gasteiger partial charge on any atom is 0.160 e. The molecule has 1 aliphatic carbocycles. The zero-order valence-electron chi connectivity index (χ0n) is 15.5. The van der Waals surface area contributed by atoms with Gasteiger partial charge in [0, 0.05) is 6.04 Å². The summed E-state index contributed by atoms with van der Waals surface area (Å²) < 4.78 is 17.0. The standard InChI is InChI=1S/C20H31NO3.ClH/c1-22-19-10-9-16(15-20(19)23-2)11-14-24-18-8-4-3-7-17(18)21-12-5-6-13-21;/h9-10,15,17-18H,3-8,11-14H2,1-2H3;1H/t17-,18-;/m0./s1. The number of rotatable bonds is 7. The van der Waals surface area contributed by atoms with E-state index in [0.717, 1.165) is 24.5 Å². The minimum atomic E-state index is 0. The summed E-state index contributed by atoms with van der Waals surface area (Å²) in [5.41, 5.74) is 1.24. The summed E-state index contributed by atoms with van der Waals surface area (Å²) in [6.45, 7) is 3.31. The Hall–Kier alpha value is -0.970. The van der Waals surface area contributed by atoms with Gasteiger partial charge < -0.3 is 14.2 Å². The average Bonchev–Trinajstić information content (AvgIpc) is 3.16. The lowest BCUT2D eigenvalue weighted by Crippen LogP contribution is -2.45. The summed E-state index contributed by atoms with van der Waals surface area (Å²) in [5.74, 6) is 1.58. The van der Waals surface area contributed by atoms with Crippen LogP contribution < -0.4 is 9.47 Å². The van der Waals surface area contributed by atoms with Gasteiger partial charge in [0.25, 0.3) is 0 Å². The third-order valence-electron chi connectivity index (χ3n) is 5.45. The van der Waals surface area contributed by atoms with Crippen LogP contribution >= 0.6 is 12.4 Å². The molecule has 2 atom stereocenters. The SMILES string of the molecule is COc1ccc(CCO[C@H]2CCCC[C@@H]2N2CCCC2)cc1OC.Cl. The molecule has 25 heavy (non-hydrogen) atoms. The lowest BCUT2D eigenvalue weighted by Gasteiger charge is -2.37. The van der Waals surface area contributed by atoms with Gasteiger partial charge in [0.15, 0.2) is 11.5 Å². The second kappa shape index (κ2) is 10.2. The van der Waals surface area contributed by atoms with Gasteiger partial charge >= 0.3 is 0 Å². The smallest absolute Gasteiger partial charge is 0.160 e. The van der Waals surface area contributed by atoms with Crippen molar-refractivity contribution in [2.45, 2.75) is 57.1 Å². The molecule has 2 aliphatic rings. The van der Waals surface area contributed by atoms with E-state index in [0.29, 0.717) is 12.1 Å². The molecule has 1 aliphatic heterocycles. The number of methoxy groups -OCH3 is 2. The summed E-state index contributed by atoms with van der Waals surface area (Å²) in [6.07, 6.45) is 9.24. The van der Waals surface area contributed by atoms with Crippen molar-refractivity contribution in [2.24, 2.45) is 0 Å². The first kappa shape index (κ1) is 20.3. The number of likely N-dealkylation sites (tertiary alicyclic amines) is 1. The van der Waals surface area contributed by atoms with E-state index < -0.39 is 0 Å². The van der Waals surface area contributed by atoms with Crippen molar-refractivity contribution in [1.29, 1.82) is 0 Å². The molecule has 4 nitrogen and oxygen atoms in total. The largest absolute Gasteiger partial charge is 0.493 e.